The lowest BCUT2D eigenvalue weighted by Gasteiger charge is -2.04. The van der Waals surface area contributed by atoms with Gasteiger partial charge in [0.15, 0.2) is 0 Å². The first-order chi connectivity index (χ1) is 12.3. The van der Waals surface area contributed by atoms with E-state index in [1.807, 2.05) is 30.5 Å². The molecule has 5 aromatic rings. The van der Waals surface area contributed by atoms with E-state index in [1.54, 1.807) is 0 Å². The van der Waals surface area contributed by atoms with E-state index < -0.39 is 0 Å². The number of aromatic amines is 1. The predicted octanol–water partition coefficient (Wildman–Crippen LogP) is 5.82. The zero-order valence-electron chi connectivity index (χ0n) is 13.7. The fraction of sp³-hybridized carbons (Fsp3) is 0.0476. The second-order valence-electron chi connectivity index (χ2n) is 6.16. The lowest BCUT2D eigenvalue weighted by Crippen LogP contribution is -1.85. The maximum Gasteiger partial charge on any atom is 0.0886 e. The quantitative estimate of drug-likeness (QED) is 0.440. The van der Waals surface area contributed by atoms with E-state index in [4.69, 9.17) is 0 Å². The lowest BCUT2D eigenvalue weighted by atomic mass is 10.0. The molecular formula is C21H15N3S. The minimum Gasteiger partial charge on any atom is -0.276 e. The maximum atomic E-state index is 4.48. The van der Waals surface area contributed by atoms with Gasteiger partial charge in [0.25, 0.3) is 0 Å². The molecule has 120 valence electrons. The van der Waals surface area contributed by atoms with Gasteiger partial charge >= 0.3 is 0 Å². The van der Waals surface area contributed by atoms with Crippen LogP contribution in [0.1, 0.15) is 5.69 Å². The molecule has 3 aromatic heterocycles. The average molecular weight is 341 g/mol. The summed E-state index contributed by atoms with van der Waals surface area (Å²) in [5, 5.41) is 9.89. The van der Waals surface area contributed by atoms with Gasteiger partial charge < -0.3 is 0 Å². The number of hydrogen-bond donors (Lipinski definition) is 1. The molecule has 0 saturated heterocycles. The Morgan fingerprint density at radius 1 is 0.840 bits per heavy atom. The van der Waals surface area contributed by atoms with Gasteiger partial charge in [0.05, 0.1) is 17.1 Å². The van der Waals surface area contributed by atoms with E-state index in [9.17, 15) is 0 Å². The van der Waals surface area contributed by atoms with E-state index >= 15 is 0 Å². The van der Waals surface area contributed by atoms with Crippen molar-refractivity contribution in [3.63, 3.8) is 0 Å². The minimum atomic E-state index is 0.912. The first kappa shape index (κ1) is 14.4. The number of H-pyrrole nitrogens is 1. The van der Waals surface area contributed by atoms with Crippen LogP contribution < -0.4 is 0 Å². The van der Waals surface area contributed by atoms with E-state index in [0.717, 1.165) is 22.6 Å². The summed E-state index contributed by atoms with van der Waals surface area (Å²) in [6.45, 7) is 1.97. The molecule has 25 heavy (non-hydrogen) atoms. The van der Waals surface area contributed by atoms with Crippen LogP contribution in [0.15, 0.2) is 66.9 Å². The number of nitrogens with one attached hydrogen (secondary N) is 1. The summed E-state index contributed by atoms with van der Waals surface area (Å²) in [5.74, 6) is 0. The summed E-state index contributed by atoms with van der Waals surface area (Å²) in [6, 6.07) is 21.5. The Hall–Kier alpha value is -2.98. The fourth-order valence-corrected chi connectivity index (χ4v) is 4.36. The number of aromatic nitrogens is 3. The molecule has 3 heterocycles. The van der Waals surface area contributed by atoms with Gasteiger partial charge in [-0.15, -0.1) is 11.3 Å². The van der Waals surface area contributed by atoms with Crippen LogP contribution in [0.4, 0.5) is 0 Å². The van der Waals surface area contributed by atoms with Gasteiger partial charge in [-0.1, -0.05) is 30.3 Å². The number of rotatable bonds is 2. The predicted molar refractivity (Wildman–Crippen MR) is 105 cm³/mol. The first-order valence-corrected chi connectivity index (χ1v) is 9.00. The SMILES string of the molecule is Cc1cc(-c2cc(-c3ccc4c(c3)sc3ccccc34)ccn2)[nH]n1. The molecular weight excluding hydrogens is 326 g/mol. The molecule has 2 aromatic carbocycles. The molecule has 1 N–H and O–H groups in total. The molecule has 4 heteroatoms. The molecule has 0 aliphatic heterocycles. The molecule has 5 rings (SSSR count). The Morgan fingerprint density at radius 3 is 2.56 bits per heavy atom. The summed E-state index contributed by atoms with van der Waals surface area (Å²) < 4.78 is 2.65. The molecule has 0 radical (unpaired) electrons. The molecule has 0 aliphatic rings. The van der Waals surface area contributed by atoms with Crippen LogP contribution >= 0.6 is 11.3 Å². The highest BCUT2D eigenvalue weighted by molar-refractivity contribution is 7.25. The highest BCUT2D eigenvalue weighted by Gasteiger charge is 2.08. The molecule has 0 fully saturated rings. The summed E-state index contributed by atoms with van der Waals surface area (Å²) in [4.78, 5) is 4.48. The highest BCUT2D eigenvalue weighted by Crippen LogP contribution is 2.36. The number of thiophene rings is 1. The number of nitrogens with zero attached hydrogens (tertiary/aromatic N) is 2. The summed E-state index contributed by atoms with van der Waals surface area (Å²) in [5.41, 5.74) is 5.20. The van der Waals surface area contributed by atoms with E-state index in [-0.39, 0.29) is 0 Å². The van der Waals surface area contributed by atoms with Gasteiger partial charge in [-0.2, -0.15) is 5.10 Å². The Kier molecular flexibility index (Phi) is 3.18. The summed E-state index contributed by atoms with van der Waals surface area (Å²) >= 11 is 1.84. The van der Waals surface area contributed by atoms with Crippen molar-refractivity contribution < 1.29 is 0 Å². The van der Waals surface area contributed by atoms with Crippen LogP contribution in [0.5, 0.6) is 0 Å². The van der Waals surface area contributed by atoms with Gasteiger partial charge in [0.1, 0.15) is 0 Å². The summed E-state index contributed by atoms with van der Waals surface area (Å²) in [6.07, 6.45) is 1.86. The average Bonchev–Trinajstić information content (AvgIpc) is 3.24. The van der Waals surface area contributed by atoms with Crippen molar-refractivity contribution in [3.05, 3.63) is 72.6 Å². The molecule has 0 atom stereocenters. The Morgan fingerprint density at radius 2 is 1.68 bits per heavy atom. The van der Waals surface area contributed by atoms with Crippen LogP contribution in [0, 0.1) is 6.92 Å². The smallest absolute Gasteiger partial charge is 0.0886 e. The van der Waals surface area contributed by atoms with Crippen LogP contribution in [0.3, 0.4) is 0 Å². The van der Waals surface area contributed by atoms with Crippen LogP contribution in [0.25, 0.3) is 42.7 Å². The largest absolute Gasteiger partial charge is 0.276 e. The Bertz CT molecular complexity index is 1220. The van der Waals surface area contributed by atoms with Crippen molar-refractivity contribution >= 4 is 31.5 Å². The standard InChI is InChI=1S/C21H15N3S/c1-13-10-19(24-23-13)18-11-15(8-9-22-18)14-6-7-17-16-4-2-3-5-20(16)25-21(17)12-14/h2-12H,1H3,(H,23,24). The third-order valence-electron chi connectivity index (χ3n) is 4.45. The monoisotopic (exact) mass is 341 g/mol. The van der Waals surface area contributed by atoms with Crippen molar-refractivity contribution in [2.24, 2.45) is 0 Å². The number of fused-ring (bicyclic) bond motifs is 3. The van der Waals surface area contributed by atoms with Gasteiger partial charge in [0.2, 0.25) is 0 Å². The van der Waals surface area contributed by atoms with Crippen molar-refractivity contribution in [3.8, 4) is 22.5 Å². The number of hydrogen-bond acceptors (Lipinski definition) is 3. The number of benzene rings is 2. The second kappa shape index (κ2) is 5.53. The van der Waals surface area contributed by atoms with Crippen LogP contribution in [-0.4, -0.2) is 15.2 Å². The molecule has 0 unspecified atom stereocenters. The molecule has 0 saturated carbocycles. The lowest BCUT2D eigenvalue weighted by molar-refractivity contribution is 1.04. The summed E-state index contributed by atoms with van der Waals surface area (Å²) in [7, 11) is 0. The molecule has 3 nitrogen and oxygen atoms in total. The van der Waals surface area contributed by atoms with E-state index in [2.05, 4.69) is 69.8 Å². The Balaban J connectivity index is 1.64. The van der Waals surface area contributed by atoms with E-state index in [1.165, 1.54) is 25.7 Å². The van der Waals surface area contributed by atoms with Gasteiger partial charge in [-0.25, -0.2) is 0 Å². The highest BCUT2D eigenvalue weighted by atomic mass is 32.1. The van der Waals surface area contributed by atoms with Crippen molar-refractivity contribution in [2.75, 3.05) is 0 Å². The number of pyridine rings is 1. The first-order valence-electron chi connectivity index (χ1n) is 8.18. The second-order valence-corrected chi connectivity index (χ2v) is 7.25. The van der Waals surface area contributed by atoms with Crippen LogP contribution in [-0.2, 0) is 0 Å². The fourth-order valence-electron chi connectivity index (χ4n) is 3.22. The third kappa shape index (κ3) is 2.42. The van der Waals surface area contributed by atoms with E-state index in [0.29, 0.717) is 0 Å². The van der Waals surface area contributed by atoms with Gasteiger partial charge in [-0.3, -0.25) is 10.1 Å². The normalized spacial score (nSPS) is 11.4. The molecule has 0 amide bonds. The third-order valence-corrected chi connectivity index (χ3v) is 5.59. The van der Waals surface area contributed by atoms with Crippen LogP contribution in [0.2, 0.25) is 0 Å². The van der Waals surface area contributed by atoms with Crippen molar-refractivity contribution in [1.29, 1.82) is 0 Å². The minimum absolute atomic E-state index is 0.912. The maximum absolute atomic E-state index is 4.48. The Labute approximate surface area is 149 Å². The topological polar surface area (TPSA) is 41.6 Å². The molecule has 0 bridgehead atoms. The van der Waals surface area contributed by atoms with Gasteiger partial charge in [0, 0.05) is 26.4 Å². The molecule has 0 spiro atoms. The zero-order chi connectivity index (χ0) is 16.8. The zero-order valence-corrected chi connectivity index (χ0v) is 14.5. The number of aryl methyl sites for hydroxylation is 1. The van der Waals surface area contributed by atoms with Gasteiger partial charge in [-0.05, 0) is 48.4 Å². The van der Waals surface area contributed by atoms with Crippen molar-refractivity contribution in [1.82, 2.24) is 15.2 Å². The molecule has 0 aliphatic carbocycles. The van der Waals surface area contributed by atoms with Crippen molar-refractivity contribution in [2.45, 2.75) is 6.92 Å².